The number of nitrogens with two attached hydrogens (primary N) is 2. The van der Waals surface area contributed by atoms with Gasteiger partial charge in [-0.3, -0.25) is 15.2 Å². The van der Waals surface area contributed by atoms with Gasteiger partial charge in [0.25, 0.3) is 0 Å². The molecule has 37 heavy (non-hydrogen) atoms. The van der Waals surface area contributed by atoms with Crippen LogP contribution in [0.2, 0.25) is 0 Å². The standard InChI is InChI=1S/C29H36N6O2/c30-24-8-4-7-23(17-24)25-13-14-27(33-16-15-20-5-2-1-3-6-20)35(37)26(25)18-28(36)34-19-21-9-11-22(12-10-21)29(31)32/h4,7-14,17,20,37H,1-3,5-6,15-16,18-19,30H2,(H3,31,32)(H,34,36). The molecule has 1 amide bonds. The van der Waals surface area contributed by atoms with Gasteiger partial charge >= 0.3 is 0 Å². The second-order valence-electron chi connectivity index (χ2n) is 9.73. The Bertz CT molecular complexity index is 1310. The van der Waals surface area contributed by atoms with Gasteiger partial charge in [-0.15, -0.1) is 0 Å². The van der Waals surface area contributed by atoms with Gasteiger partial charge in [0.15, 0.2) is 5.49 Å². The van der Waals surface area contributed by atoms with Crippen LogP contribution < -0.4 is 22.3 Å². The summed E-state index contributed by atoms with van der Waals surface area (Å²) in [6.07, 6.45) is 7.40. The van der Waals surface area contributed by atoms with Gasteiger partial charge in [0.2, 0.25) is 5.91 Å². The molecule has 1 aliphatic rings. The number of hydrogen-bond acceptors (Lipinski definition) is 5. The van der Waals surface area contributed by atoms with Crippen molar-refractivity contribution < 1.29 is 10.0 Å². The third kappa shape index (κ3) is 7.00. The van der Waals surface area contributed by atoms with E-state index in [1.807, 2.05) is 36.4 Å². The van der Waals surface area contributed by atoms with E-state index >= 15 is 0 Å². The lowest BCUT2D eigenvalue weighted by molar-refractivity contribution is -0.120. The number of hydrogen-bond donors (Lipinski definition) is 5. The molecule has 8 heteroatoms. The fourth-order valence-corrected chi connectivity index (χ4v) is 4.89. The summed E-state index contributed by atoms with van der Waals surface area (Å²) in [5, 5.41) is 21.6. The van der Waals surface area contributed by atoms with Crippen LogP contribution >= 0.6 is 0 Å². The number of carbonyl (C=O) groups is 1. The third-order valence-electron chi connectivity index (χ3n) is 7.00. The molecule has 2 aromatic carbocycles. The molecule has 0 saturated heterocycles. The molecule has 1 aliphatic carbocycles. The van der Waals surface area contributed by atoms with Crippen molar-refractivity contribution in [1.29, 1.82) is 5.41 Å². The molecule has 0 atom stereocenters. The van der Waals surface area contributed by atoms with Crippen molar-refractivity contribution in [3.8, 4) is 11.1 Å². The van der Waals surface area contributed by atoms with E-state index in [0.717, 1.165) is 27.8 Å². The van der Waals surface area contributed by atoms with Crippen LogP contribution in [-0.4, -0.2) is 28.2 Å². The zero-order valence-electron chi connectivity index (χ0n) is 21.1. The highest BCUT2D eigenvalue weighted by molar-refractivity contribution is 5.94. The van der Waals surface area contributed by atoms with Crippen molar-refractivity contribution in [3.05, 3.63) is 83.0 Å². The van der Waals surface area contributed by atoms with E-state index in [0.29, 0.717) is 41.4 Å². The van der Waals surface area contributed by atoms with E-state index in [1.165, 1.54) is 32.1 Å². The van der Waals surface area contributed by atoms with Crippen LogP contribution in [0.1, 0.15) is 55.3 Å². The Morgan fingerprint density at radius 1 is 1.08 bits per heavy atom. The van der Waals surface area contributed by atoms with E-state index in [9.17, 15) is 10.0 Å². The minimum atomic E-state index is -0.233. The molecule has 0 unspecified atom stereocenters. The molecule has 1 saturated carbocycles. The van der Waals surface area contributed by atoms with Crippen LogP contribution in [0.4, 0.5) is 5.69 Å². The molecule has 3 aromatic rings. The minimum absolute atomic E-state index is 0.00111. The molecule has 4 rings (SSSR count). The number of amides is 1. The summed E-state index contributed by atoms with van der Waals surface area (Å²) >= 11 is 0. The Hall–Kier alpha value is -4.07. The molecule has 8 nitrogen and oxygen atoms in total. The van der Waals surface area contributed by atoms with Gasteiger partial charge in [-0.25, -0.2) is 0 Å². The van der Waals surface area contributed by atoms with Crippen molar-refractivity contribution in [2.75, 3.05) is 12.3 Å². The maximum Gasteiger partial charge on any atom is 0.226 e. The number of nitrogens with zero attached hydrogens (tertiary/aromatic N) is 2. The smallest absolute Gasteiger partial charge is 0.226 e. The Morgan fingerprint density at radius 2 is 1.84 bits per heavy atom. The first-order chi connectivity index (χ1) is 17.9. The van der Waals surface area contributed by atoms with E-state index in [4.69, 9.17) is 16.9 Å². The summed E-state index contributed by atoms with van der Waals surface area (Å²) in [5.41, 5.74) is 16.1. The number of nitrogens with one attached hydrogen (secondary N) is 2. The first-order valence-corrected chi connectivity index (χ1v) is 12.9. The lowest BCUT2D eigenvalue weighted by Crippen LogP contribution is -2.30. The third-order valence-corrected chi connectivity index (χ3v) is 7.00. The van der Waals surface area contributed by atoms with Crippen molar-refractivity contribution in [2.45, 2.75) is 51.5 Å². The van der Waals surface area contributed by atoms with Gasteiger partial charge in [-0.2, -0.15) is 4.73 Å². The molecule has 0 radical (unpaired) electrons. The lowest BCUT2D eigenvalue weighted by atomic mass is 9.87. The maximum atomic E-state index is 13.0. The number of amidine groups is 1. The highest BCUT2D eigenvalue weighted by Crippen LogP contribution is 2.26. The van der Waals surface area contributed by atoms with Gasteiger partial charge in [0, 0.05) is 29.9 Å². The Morgan fingerprint density at radius 3 is 2.54 bits per heavy atom. The minimum Gasteiger partial charge on any atom is -0.427 e. The number of pyridine rings is 1. The van der Waals surface area contributed by atoms with E-state index in [1.54, 1.807) is 24.3 Å². The predicted octanol–water partition coefficient (Wildman–Crippen LogP) is 3.99. The zero-order chi connectivity index (χ0) is 26.2. The van der Waals surface area contributed by atoms with Crippen molar-refractivity contribution in [1.82, 2.24) is 10.0 Å². The maximum absolute atomic E-state index is 13.0. The average molecular weight is 501 g/mol. The van der Waals surface area contributed by atoms with Crippen LogP contribution in [-0.2, 0) is 17.8 Å². The second kappa shape index (κ2) is 12.3. The van der Waals surface area contributed by atoms with Gasteiger partial charge in [-0.05, 0) is 47.7 Å². The molecule has 1 heterocycles. The monoisotopic (exact) mass is 500 g/mol. The normalized spacial score (nSPS) is 14.4. The van der Waals surface area contributed by atoms with Crippen molar-refractivity contribution >= 4 is 17.4 Å². The highest BCUT2D eigenvalue weighted by atomic mass is 16.5. The fraction of sp³-hybridized carbons (Fsp3) is 0.345. The number of anilines is 1. The largest absolute Gasteiger partial charge is 0.427 e. The molecule has 0 aliphatic heterocycles. The summed E-state index contributed by atoms with van der Waals surface area (Å²) in [7, 11) is 0. The number of aromatic nitrogens is 1. The Balaban J connectivity index is 1.53. The first kappa shape index (κ1) is 26.0. The van der Waals surface area contributed by atoms with E-state index in [2.05, 4.69) is 10.3 Å². The van der Waals surface area contributed by atoms with Crippen molar-refractivity contribution in [2.24, 2.45) is 16.6 Å². The van der Waals surface area contributed by atoms with Crippen LogP contribution in [0.25, 0.3) is 11.1 Å². The SMILES string of the molecule is N=C(N)c1ccc(CNC(=O)Cc2c(-c3cccc(N)c3)ccc(=NCCC3CCCCC3)n2O)cc1. The fourth-order valence-electron chi connectivity index (χ4n) is 4.89. The number of nitrogen functional groups attached to an aromatic ring is 2. The van der Waals surface area contributed by atoms with Gasteiger partial charge in [-0.1, -0.05) is 68.5 Å². The predicted molar refractivity (Wildman–Crippen MR) is 146 cm³/mol. The Kier molecular flexibility index (Phi) is 8.61. The summed E-state index contributed by atoms with van der Waals surface area (Å²) in [6.45, 7) is 0.965. The first-order valence-electron chi connectivity index (χ1n) is 12.9. The lowest BCUT2D eigenvalue weighted by Gasteiger charge is -2.20. The van der Waals surface area contributed by atoms with Crippen LogP contribution in [0, 0.1) is 11.3 Å². The molecule has 1 fully saturated rings. The Labute approximate surface area is 217 Å². The second-order valence-corrected chi connectivity index (χ2v) is 9.73. The van der Waals surface area contributed by atoms with E-state index < -0.39 is 0 Å². The van der Waals surface area contributed by atoms with Gasteiger partial charge < -0.3 is 22.0 Å². The van der Waals surface area contributed by atoms with E-state index in [-0.39, 0.29) is 18.2 Å². The number of carbonyl (C=O) groups excluding carboxylic acids is 1. The molecule has 194 valence electrons. The van der Waals surface area contributed by atoms with Crippen molar-refractivity contribution in [3.63, 3.8) is 0 Å². The summed E-state index contributed by atoms with van der Waals surface area (Å²) in [5.74, 6) is 0.468. The quantitative estimate of drug-likeness (QED) is 0.131. The molecular formula is C29H36N6O2. The number of rotatable bonds is 9. The van der Waals surface area contributed by atoms with Crippen LogP contribution in [0.5, 0.6) is 0 Å². The van der Waals surface area contributed by atoms with Gasteiger partial charge in [0.1, 0.15) is 5.84 Å². The number of benzene rings is 2. The molecule has 0 bridgehead atoms. The molecule has 0 spiro atoms. The van der Waals surface area contributed by atoms with Gasteiger partial charge in [0.05, 0.1) is 12.1 Å². The molecule has 1 aromatic heterocycles. The van der Waals surface area contributed by atoms with Crippen LogP contribution in [0.3, 0.4) is 0 Å². The van der Waals surface area contributed by atoms with Crippen LogP contribution in [0.15, 0.2) is 65.7 Å². The summed E-state index contributed by atoms with van der Waals surface area (Å²) < 4.78 is 1.04. The molecular weight excluding hydrogens is 464 g/mol. The average Bonchev–Trinajstić information content (AvgIpc) is 2.90. The summed E-state index contributed by atoms with van der Waals surface area (Å²) in [6, 6.07) is 18.2. The zero-order valence-corrected chi connectivity index (χ0v) is 21.1. The highest BCUT2D eigenvalue weighted by Gasteiger charge is 2.16. The summed E-state index contributed by atoms with van der Waals surface area (Å²) in [4.78, 5) is 17.6. The topological polar surface area (TPSA) is 143 Å². The molecule has 7 N–H and O–H groups in total.